The van der Waals surface area contributed by atoms with E-state index >= 15 is 0 Å². The summed E-state index contributed by atoms with van der Waals surface area (Å²) in [7, 11) is -2.02. The van der Waals surface area contributed by atoms with Crippen molar-refractivity contribution in [3.8, 4) is 0 Å². The number of likely N-dealkylation sites (N-methyl/N-ethyl adjacent to an activating group) is 1. The largest absolute Gasteiger partial charge is 0.315 e. The average Bonchev–Trinajstić information content (AvgIpc) is 2.86. The highest BCUT2D eigenvalue weighted by molar-refractivity contribution is 9.10. The summed E-state index contributed by atoms with van der Waals surface area (Å²) in [6.45, 7) is 3.07. The first-order chi connectivity index (χ1) is 8.84. The summed E-state index contributed by atoms with van der Waals surface area (Å²) in [6.07, 6.45) is 0.789. The molecule has 0 radical (unpaired) electrons. The van der Waals surface area contributed by atoms with Crippen LogP contribution in [0.25, 0.3) is 0 Å². The van der Waals surface area contributed by atoms with Gasteiger partial charge in [-0.15, -0.1) is 12.4 Å². The molecule has 20 heavy (non-hydrogen) atoms. The lowest BCUT2D eigenvalue weighted by molar-refractivity contribution is 0.387. The van der Waals surface area contributed by atoms with Crippen molar-refractivity contribution < 1.29 is 12.8 Å². The zero-order valence-electron chi connectivity index (χ0n) is 11.2. The van der Waals surface area contributed by atoms with Gasteiger partial charge in [-0.1, -0.05) is 0 Å². The fraction of sp³-hybridized carbons (Fsp3) is 0.500. The van der Waals surface area contributed by atoms with Crippen molar-refractivity contribution in [3.63, 3.8) is 0 Å². The van der Waals surface area contributed by atoms with Crippen molar-refractivity contribution in [2.24, 2.45) is 0 Å². The zero-order chi connectivity index (χ0) is 14.2. The van der Waals surface area contributed by atoms with Gasteiger partial charge >= 0.3 is 0 Å². The number of rotatable bonds is 3. The molecule has 0 bridgehead atoms. The average molecular weight is 388 g/mol. The molecule has 1 aliphatic heterocycles. The molecule has 114 valence electrons. The van der Waals surface area contributed by atoms with E-state index in [2.05, 4.69) is 21.2 Å². The maximum absolute atomic E-state index is 13.4. The van der Waals surface area contributed by atoms with Gasteiger partial charge in [-0.3, -0.25) is 0 Å². The van der Waals surface area contributed by atoms with Gasteiger partial charge in [0.1, 0.15) is 5.82 Å². The maximum atomic E-state index is 13.4. The van der Waals surface area contributed by atoms with Gasteiger partial charge in [0.2, 0.25) is 10.0 Å². The van der Waals surface area contributed by atoms with Crippen LogP contribution in [-0.4, -0.2) is 38.9 Å². The predicted octanol–water partition coefficient (Wildman–Crippen LogP) is 2.30. The van der Waals surface area contributed by atoms with Crippen LogP contribution in [0.3, 0.4) is 0 Å². The molecule has 1 fully saturated rings. The van der Waals surface area contributed by atoms with Crippen molar-refractivity contribution in [2.45, 2.75) is 24.3 Å². The van der Waals surface area contributed by atoms with Crippen molar-refractivity contribution >= 4 is 38.4 Å². The lowest BCUT2D eigenvalue weighted by atomic mass is 10.2. The number of halogens is 3. The molecule has 1 aliphatic rings. The molecule has 1 N–H and O–H groups in total. The topological polar surface area (TPSA) is 49.4 Å². The molecule has 2 rings (SSSR count). The Hall–Kier alpha value is -0.210. The third kappa shape index (κ3) is 3.33. The Kier molecular flexibility index (Phi) is 5.98. The van der Waals surface area contributed by atoms with E-state index in [0.29, 0.717) is 12.1 Å². The van der Waals surface area contributed by atoms with Crippen LogP contribution in [0.2, 0.25) is 0 Å². The fourth-order valence-electron chi connectivity index (χ4n) is 2.21. The first-order valence-corrected chi connectivity index (χ1v) is 8.21. The normalized spacial score (nSPS) is 19.1. The number of hydrogen-bond acceptors (Lipinski definition) is 3. The summed E-state index contributed by atoms with van der Waals surface area (Å²) in [4.78, 5) is 0.148. The van der Waals surface area contributed by atoms with Crippen LogP contribution in [-0.2, 0) is 10.0 Å². The second-order valence-electron chi connectivity index (χ2n) is 4.70. The van der Waals surface area contributed by atoms with Crippen molar-refractivity contribution in [1.29, 1.82) is 0 Å². The van der Waals surface area contributed by atoms with E-state index < -0.39 is 15.8 Å². The molecule has 0 saturated carbocycles. The van der Waals surface area contributed by atoms with Crippen LogP contribution in [0.5, 0.6) is 0 Å². The summed E-state index contributed by atoms with van der Waals surface area (Å²) in [5, 5.41) is 3.14. The summed E-state index contributed by atoms with van der Waals surface area (Å²) < 4.78 is 40.0. The Morgan fingerprint density at radius 2 is 2.10 bits per heavy atom. The van der Waals surface area contributed by atoms with Gasteiger partial charge < -0.3 is 5.32 Å². The molecule has 8 heteroatoms. The van der Waals surface area contributed by atoms with E-state index in [9.17, 15) is 12.8 Å². The lowest BCUT2D eigenvalue weighted by Gasteiger charge is -2.24. The summed E-state index contributed by atoms with van der Waals surface area (Å²) >= 11 is 3.04. The van der Waals surface area contributed by atoms with Gasteiger partial charge in [-0.05, 0) is 53.5 Å². The SMILES string of the molecule is Cc1cc(F)c(Br)cc1S(=O)(=O)N(C)C1CCNC1.Cl. The molecule has 1 atom stereocenters. The number of aryl methyl sites for hydroxylation is 1. The van der Waals surface area contributed by atoms with Gasteiger partial charge in [0, 0.05) is 19.6 Å². The molecule has 0 aromatic heterocycles. The lowest BCUT2D eigenvalue weighted by Crippen LogP contribution is -2.38. The zero-order valence-corrected chi connectivity index (χ0v) is 14.4. The van der Waals surface area contributed by atoms with E-state index in [1.807, 2.05) is 0 Å². The Balaban J connectivity index is 0.00000200. The van der Waals surface area contributed by atoms with Crippen LogP contribution in [0.15, 0.2) is 21.5 Å². The van der Waals surface area contributed by atoms with Crippen molar-refractivity contribution in [3.05, 3.63) is 28.0 Å². The third-order valence-corrected chi connectivity index (χ3v) is 6.08. The van der Waals surface area contributed by atoms with Gasteiger partial charge in [0.25, 0.3) is 0 Å². The van der Waals surface area contributed by atoms with Gasteiger partial charge in [-0.25, -0.2) is 12.8 Å². The Bertz CT molecular complexity index is 591. The van der Waals surface area contributed by atoms with Crippen molar-refractivity contribution in [2.75, 3.05) is 20.1 Å². The minimum atomic E-state index is -3.60. The van der Waals surface area contributed by atoms with Gasteiger partial charge in [0.15, 0.2) is 0 Å². The van der Waals surface area contributed by atoms with Crippen LogP contribution in [0.1, 0.15) is 12.0 Å². The van der Waals surface area contributed by atoms with E-state index in [1.54, 1.807) is 14.0 Å². The highest BCUT2D eigenvalue weighted by Crippen LogP contribution is 2.27. The highest BCUT2D eigenvalue weighted by atomic mass is 79.9. The smallest absolute Gasteiger partial charge is 0.243 e. The Morgan fingerprint density at radius 1 is 1.45 bits per heavy atom. The molecule has 1 saturated heterocycles. The molecule has 1 heterocycles. The molecular formula is C12H17BrClFN2O2S. The third-order valence-electron chi connectivity index (χ3n) is 3.42. The van der Waals surface area contributed by atoms with Crippen LogP contribution in [0, 0.1) is 12.7 Å². The molecule has 0 aliphatic carbocycles. The summed E-state index contributed by atoms with van der Waals surface area (Å²) in [6, 6.07) is 2.52. The number of nitrogens with zero attached hydrogens (tertiary/aromatic N) is 1. The molecule has 0 amide bonds. The van der Waals surface area contributed by atoms with Crippen LogP contribution >= 0.6 is 28.3 Å². The summed E-state index contributed by atoms with van der Waals surface area (Å²) in [5.41, 5.74) is 0.415. The van der Waals surface area contributed by atoms with Gasteiger partial charge in [0.05, 0.1) is 9.37 Å². The second-order valence-corrected chi connectivity index (χ2v) is 7.52. The molecule has 1 unspecified atom stereocenters. The van der Waals surface area contributed by atoms with Crippen LogP contribution < -0.4 is 5.32 Å². The minimum Gasteiger partial charge on any atom is -0.315 e. The van der Waals surface area contributed by atoms with Gasteiger partial charge in [-0.2, -0.15) is 4.31 Å². The second kappa shape index (κ2) is 6.70. The van der Waals surface area contributed by atoms with E-state index in [4.69, 9.17) is 0 Å². The number of hydrogen-bond donors (Lipinski definition) is 1. The number of benzene rings is 1. The fourth-order valence-corrected chi connectivity index (χ4v) is 4.32. The number of nitrogens with one attached hydrogen (secondary N) is 1. The quantitative estimate of drug-likeness (QED) is 0.866. The van der Waals surface area contributed by atoms with E-state index in [-0.39, 0.29) is 27.8 Å². The molecular weight excluding hydrogens is 371 g/mol. The van der Waals surface area contributed by atoms with E-state index in [1.165, 1.54) is 16.4 Å². The molecule has 1 aromatic rings. The van der Waals surface area contributed by atoms with Crippen molar-refractivity contribution in [1.82, 2.24) is 9.62 Å². The first kappa shape index (κ1) is 17.8. The summed E-state index contributed by atoms with van der Waals surface area (Å²) in [5.74, 6) is -0.457. The maximum Gasteiger partial charge on any atom is 0.243 e. The first-order valence-electron chi connectivity index (χ1n) is 5.98. The minimum absolute atomic E-state index is 0. The van der Waals surface area contributed by atoms with Crippen LogP contribution in [0.4, 0.5) is 4.39 Å². The Morgan fingerprint density at radius 3 is 2.65 bits per heavy atom. The molecule has 1 aromatic carbocycles. The monoisotopic (exact) mass is 386 g/mol. The predicted molar refractivity (Wildman–Crippen MR) is 82.3 cm³/mol. The standard InChI is InChI=1S/C12H16BrFN2O2S.ClH/c1-8-5-11(14)10(13)6-12(8)19(17,18)16(2)9-3-4-15-7-9;/h5-6,9,15H,3-4,7H2,1-2H3;1H. The number of sulfonamides is 1. The molecule has 0 spiro atoms. The molecule has 4 nitrogen and oxygen atoms in total. The Labute approximate surface area is 133 Å². The highest BCUT2D eigenvalue weighted by Gasteiger charge is 2.31. The van der Waals surface area contributed by atoms with E-state index in [0.717, 1.165) is 13.0 Å².